The Morgan fingerprint density at radius 2 is 1.53 bits per heavy atom. The van der Waals surface area contributed by atoms with Crippen LogP contribution in [0.3, 0.4) is 0 Å². The van der Waals surface area contributed by atoms with E-state index in [1.165, 1.54) is 6.92 Å². The van der Waals surface area contributed by atoms with Gasteiger partial charge in [0.1, 0.15) is 0 Å². The van der Waals surface area contributed by atoms with Gasteiger partial charge in [0.2, 0.25) is 0 Å². The lowest BCUT2D eigenvalue weighted by atomic mass is 9.67. The molecule has 1 rings (SSSR count). The molecule has 0 aromatic carbocycles. The van der Waals surface area contributed by atoms with Gasteiger partial charge in [-0.05, 0) is 19.8 Å². The van der Waals surface area contributed by atoms with Crippen molar-refractivity contribution in [1.29, 1.82) is 0 Å². The van der Waals surface area contributed by atoms with Crippen molar-refractivity contribution in [3.8, 4) is 0 Å². The number of hydrogen-bond acceptors (Lipinski definition) is 2. The minimum absolute atomic E-state index is 0. The molecule has 0 aliphatic heterocycles. The van der Waals surface area contributed by atoms with Crippen LogP contribution in [0.25, 0.3) is 0 Å². The van der Waals surface area contributed by atoms with Crippen LogP contribution < -0.4 is 0 Å². The highest BCUT2D eigenvalue weighted by Gasteiger charge is 2.46. The van der Waals surface area contributed by atoms with Crippen molar-refractivity contribution >= 4 is 11.9 Å². The van der Waals surface area contributed by atoms with Crippen LogP contribution >= 0.6 is 0 Å². The van der Waals surface area contributed by atoms with E-state index in [9.17, 15) is 9.59 Å². The second kappa shape index (κ2) is 9.02. The molecule has 4 heteroatoms. The van der Waals surface area contributed by atoms with Crippen molar-refractivity contribution in [2.24, 2.45) is 11.3 Å². The number of carbonyl (C=O) groups is 2. The molecular formula is C13H30O4. The summed E-state index contributed by atoms with van der Waals surface area (Å²) in [6.45, 7) is 1.54. The maximum Gasteiger partial charge on any atom is 0.310 e. The van der Waals surface area contributed by atoms with Gasteiger partial charge < -0.3 is 10.2 Å². The van der Waals surface area contributed by atoms with E-state index in [1.807, 2.05) is 0 Å². The van der Waals surface area contributed by atoms with E-state index in [4.69, 9.17) is 10.2 Å². The zero-order valence-corrected chi connectivity index (χ0v) is 7.62. The van der Waals surface area contributed by atoms with Crippen molar-refractivity contribution < 1.29 is 19.8 Å². The van der Waals surface area contributed by atoms with Gasteiger partial charge in [-0.15, -0.1) is 0 Å². The highest BCUT2D eigenvalue weighted by atomic mass is 16.4. The molecule has 0 aromatic rings. The monoisotopic (exact) mass is 250 g/mol. The molecule has 0 amide bonds. The van der Waals surface area contributed by atoms with E-state index in [2.05, 4.69) is 0 Å². The average molecular weight is 250 g/mol. The smallest absolute Gasteiger partial charge is 0.310 e. The van der Waals surface area contributed by atoms with Crippen LogP contribution in [0.5, 0.6) is 0 Å². The lowest BCUT2D eigenvalue weighted by molar-refractivity contribution is -0.164. The predicted octanol–water partition coefficient (Wildman–Crippen LogP) is 3.90. The Labute approximate surface area is 106 Å². The molecule has 4 nitrogen and oxygen atoms in total. The van der Waals surface area contributed by atoms with Crippen LogP contribution in [0.4, 0.5) is 0 Å². The molecule has 1 fully saturated rings. The molecule has 106 valence electrons. The quantitative estimate of drug-likeness (QED) is 0.779. The first-order chi connectivity index (χ1) is 5.98. The minimum Gasteiger partial charge on any atom is -0.481 e. The first-order valence-corrected chi connectivity index (χ1v) is 4.44. The van der Waals surface area contributed by atoms with Crippen LogP contribution in [0.15, 0.2) is 0 Å². The molecule has 1 aliphatic rings. The molecule has 0 aromatic heterocycles. The van der Waals surface area contributed by atoms with Gasteiger partial charge in [-0.25, -0.2) is 0 Å². The Morgan fingerprint density at radius 1 is 1.06 bits per heavy atom. The van der Waals surface area contributed by atoms with Crippen LogP contribution in [0.1, 0.15) is 62.3 Å². The Balaban J connectivity index is -0.000000211. The molecule has 17 heavy (non-hydrogen) atoms. The summed E-state index contributed by atoms with van der Waals surface area (Å²) in [6.07, 6.45) is 2.59. The fraction of sp³-hybridized carbons (Fsp3) is 0.846. The molecule has 0 heterocycles. The van der Waals surface area contributed by atoms with Gasteiger partial charge in [0.25, 0.3) is 0 Å². The summed E-state index contributed by atoms with van der Waals surface area (Å²) < 4.78 is 0. The first-order valence-electron chi connectivity index (χ1n) is 4.44. The number of rotatable bonds is 2. The number of hydrogen-bond donors (Lipinski definition) is 2. The first kappa shape index (κ1) is 25.0. The SMILES string of the molecule is C.C.C.C.CC1(C(=O)O)CCCCC1C(=O)O. The van der Waals surface area contributed by atoms with E-state index in [-0.39, 0.29) is 29.7 Å². The molecular weight excluding hydrogens is 220 g/mol. The van der Waals surface area contributed by atoms with Gasteiger partial charge >= 0.3 is 11.9 Å². The van der Waals surface area contributed by atoms with Gasteiger partial charge in [-0.2, -0.15) is 0 Å². The van der Waals surface area contributed by atoms with Crippen molar-refractivity contribution in [1.82, 2.24) is 0 Å². The highest BCUT2D eigenvalue weighted by molar-refractivity contribution is 5.83. The number of aliphatic carboxylic acids is 2. The largest absolute Gasteiger partial charge is 0.481 e. The molecule has 2 N–H and O–H groups in total. The van der Waals surface area contributed by atoms with E-state index in [0.29, 0.717) is 12.8 Å². The van der Waals surface area contributed by atoms with Crippen molar-refractivity contribution in [2.75, 3.05) is 0 Å². The molecule has 2 atom stereocenters. The van der Waals surface area contributed by atoms with E-state index >= 15 is 0 Å². The Hall–Kier alpha value is -1.06. The third-order valence-corrected chi connectivity index (χ3v) is 2.99. The van der Waals surface area contributed by atoms with Gasteiger partial charge in [-0.3, -0.25) is 9.59 Å². The molecule has 0 saturated heterocycles. The highest BCUT2D eigenvalue weighted by Crippen LogP contribution is 2.41. The third-order valence-electron chi connectivity index (χ3n) is 2.99. The molecule has 1 saturated carbocycles. The summed E-state index contributed by atoms with van der Waals surface area (Å²) >= 11 is 0. The van der Waals surface area contributed by atoms with E-state index < -0.39 is 23.3 Å². The molecule has 0 spiro atoms. The van der Waals surface area contributed by atoms with Crippen LogP contribution in [0, 0.1) is 11.3 Å². The molecule has 2 unspecified atom stereocenters. The lowest BCUT2D eigenvalue weighted by Gasteiger charge is -2.34. The summed E-state index contributed by atoms with van der Waals surface area (Å²) in [6, 6.07) is 0. The summed E-state index contributed by atoms with van der Waals surface area (Å²) in [5.41, 5.74) is -1.07. The van der Waals surface area contributed by atoms with Gasteiger partial charge in [-0.1, -0.05) is 42.5 Å². The fourth-order valence-corrected chi connectivity index (χ4v) is 1.99. The number of carboxylic acid groups (broad SMARTS) is 2. The zero-order chi connectivity index (χ0) is 10.1. The fourth-order valence-electron chi connectivity index (χ4n) is 1.99. The van der Waals surface area contributed by atoms with E-state index in [0.717, 1.165) is 12.8 Å². The summed E-state index contributed by atoms with van der Waals surface area (Å²) in [5, 5.41) is 17.8. The zero-order valence-electron chi connectivity index (χ0n) is 7.62. The maximum atomic E-state index is 10.9. The predicted molar refractivity (Wildman–Crippen MR) is 72.3 cm³/mol. The molecule has 1 aliphatic carbocycles. The molecule has 0 bridgehead atoms. The second-order valence-electron chi connectivity index (χ2n) is 3.86. The maximum absolute atomic E-state index is 10.9. The normalized spacial score (nSPS) is 26.1. The Bertz CT molecular complexity index is 238. The topological polar surface area (TPSA) is 74.6 Å². The van der Waals surface area contributed by atoms with Crippen molar-refractivity contribution in [2.45, 2.75) is 62.3 Å². The van der Waals surface area contributed by atoms with Crippen LogP contribution in [-0.2, 0) is 9.59 Å². The van der Waals surface area contributed by atoms with Crippen LogP contribution in [0.2, 0.25) is 0 Å². The third kappa shape index (κ3) is 4.75. The standard InChI is InChI=1S/C9H14O4.4CH4/c1-9(8(12)13)5-3-2-4-6(9)7(10)11;;;;/h6H,2-5H2,1H3,(H,10,11)(H,12,13);4*1H4. The van der Waals surface area contributed by atoms with Crippen molar-refractivity contribution in [3.05, 3.63) is 0 Å². The minimum atomic E-state index is -1.07. The van der Waals surface area contributed by atoms with Gasteiger partial charge in [0.05, 0.1) is 11.3 Å². The second-order valence-corrected chi connectivity index (χ2v) is 3.86. The Kier molecular flexibility index (Phi) is 13.2. The Morgan fingerprint density at radius 3 is 1.82 bits per heavy atom. The summed E-state index contributed by atoms with van der Waals surface area (Å²) in [7, 11) is 0. The van der Waals surface area contributed by atoms with Crippen LogP contribution in [-0.4, -0.2) is 22.2 Å². The van der Waals surface area contributed by atoms with E-state index in [1.54, 1.807) is 0 Å². The summed E-state index contributed by atoms with van der Waals surface area (Å²) in [5.74, 6) is -2.69. The van der Waals surface area contributed by atoms with Gasteiger partial charge in [0.15, 0.2) is 0 Å². The van der Waals surface area contributed by atoms with Crippen molar-refractivity contribution in [3.63, 3.8) is 0 Å². The lowest BCUT2D eigenvalue weighted by Crippen LogP contribution is -2.42. The average Bonchev–Trinajstić information content (AvgIpc) is 2.04. The van der Waals surface area contributed by atoms with Gasteiger partial charge in [0, 0.05) is 0 Å². The summed E-state index contributed by atoms with van der Waals surface area (Å²) in [4.78, 5) is 21.7. The molecule has 0 radical (unpaired) electrons. The number of carboxylic acids is 2.